The van der Waals surface area contributed by atoms with Crippen molar-refractivity contribution in [1.29, 1.82) is 0 Å². The van der Waals surface area contributed by atoms with Crippen molar-refractivity contribution in [2.45, 2.75) is 6.18 Å². The summed E-state index contributed by atoms with van der Waals surface area (Å²) in [5.74, 6) is -0.326. The Morgan fingerprint density at radius 3 is 2.54 bits per heavy atom. The van der Waals surface area contributed by atoms with Gasteiger partial charge in [0.15, 0.2) is 0 Å². The lowest BCUT2D eigenvalue weighted by atomic mass is 10.1. The normalized spacial score (nSPS) is 12.5. The molecule has 0 spiro atoms. The van der Waals surface area contributed by atoms with Crippen LogP contribution in [0.15, 0.2) is 79.2 Å². The maximum atomic E-state index is 12.6. The Morgan fingerprint density at radius 2 is 1.82 bits per heavy atom. The van der Waals surface area contributed by atoms with Crippen molar-refractivity contribution < 1.29 is 18.0 Å². The molecule has 0 atom stereocenters. The third-order valence-electron chi connectivity index (χ3n) is 3.92. The van der Waals surface area contributed by atoms with Crippen LogP contribution in [0.3, 0.4) is 0 Å². The van der Waals surface area contributed by atoms with Gasteiger partial charge in [0.05, 0.1) is 5.56 Å². The summed E-state index contributed by atoms with van der Waals surface area (Å²) < 4.78 is 38.4. The highest BCUT2D eigenvalue weighted by Crippen LogP contribution is 2.31. The number of pyridine rings is 1. The van der Waals surface area contributed by atoms with E-state index in [9.17, 15) is 18.0 Å². The van der Waals surface area contributed by atoms with E-state index in [4.69, 9.17) is 0 Å². The SMILES string of the molecule is O=C(C=CC=C(Br)c1ccc(C(F)(F)F)cc1)Nc1cccc2cnccc12. The third-order valence-corrected chi connectivity index (χ3v) is 4.64. The van der Waals surface area contributed by atoms with Crippen LogP contribution in [0.2, 0.25) is 0 Å². The van der Waals surface area contributed by atoms with E-state index >= 15 is 0 Å². The summed E-state index contributed by atoms with van der Waals surface area (Å²) in [5, 5.41) is 4.59. The molecule has 0 unspecified atom stereocenters. The predicted octanol–water partition coefficient (Wildman–Crippen LogP) is 6.18. The lowest BCUT2D eigenvalue weighted by Crippen LogP contribution is -2.08. The predicted molar refractivity (Wildman–Crippen MR) is 108 cm³/mol. The van der Waals surface area contributed by atoms with Gasteiger partial charge in [0, 0.05) is 39.4 Å². The molecule has 0 aliphatic rings. The van der Waals surface area contributed by atoms with Crippen LogP contribution in [0.5, 0.6) is 0 Å². The highest BCUT2D eigenvalue weighted by Gasteiger charge is 2.29. The summed E-state index contributed by atoms with van der Waals surface area (Å²) in [6.07, 6.45) is 3.44. The van der Waals surface area contributed by atoms with E-state index in [0.717, 1.165) is 22.9 Å². The first-order valence-electron chi connectivity index (χ1n) is 8.20. The van der Waals surface area contributed by atoms with Crippen LogP contribution in [0.4, 0.5) is 18.9 Å². The molecule has 0 aliphatic heterocycles. The quantitative estimate of drug-likeness (QED) is 0.383. The second-order valence-electron chi connectivity index (χ2n) is 5.84. The molecule has 0 bridgehead atoms. The molecule has 1 aromatic heterocycles. The van der Waals surface area contributed by atoms with Crippen LogP contribution in [0.25, 0.3) is 15.3 Å². The summed E-state index contributed by atoms with van der Waals surface area (Å²) in [4.78, 5) is 16.2. The molecule has 3 nitrogen and oxygen atoms in total. The van der Waals surface area contributed by atoms with Crippen LogP contribution in [0.1, 0.15) is 11.1 Å². The Labute approximate surface area is 167 Å². The Morgan fingerprint density at radius 1 is 1.07 bits per heavy atom. The number of benzene rings is 2. The van der Waals surface area contributed by atoms with Gasteiger partial charge in [-0.1, -0.05) is 46.3 Å². The van der Waals surface area contributed by atoms with Crippen LogP contribution >= 0.6 is 15.9 Å². The van der Waals surface area contributed by atoms with Crippen molar-refractivity contribution in [3.05, 3.63) is 90.3 Å². The standard InChI is InChI=1S/C21H14BrF3N2O/c22-18(14-7-9-16(10-8-14)21(23,24)25)4-2-6-20(28)27-19-5-1-3-15-13-26-12-11-17(15)19/h1-13H,(H,27,28). The molecule has 2 aromatic carbocycles. The second kappa shape index (κ2) is 8.39. The van der Waals surface area contributed by atoms with Crippen LogP contribution < -0.4 is 5.32 Å². The average molecular weight is 447 g/mol. The molecule has 3 aromatic rings. The minimum absolute atomic E-state index is 0.326. The number of halogens is 4. The van der Waals surface area contributed by atoms with Crippen molar-refractivity contribution in [1.82, 2.24) is 4.98 Å². The molecule has 0 saturated heterocycles. The zero-order valence-electron chi connectivity index (χ0n) is 14.4. The number of anilines is 1. The molecule has 1 amide bonds. The Balaban J connectivity index is 1.68. The number of aromatic nitrogens is 1. The van der Waals surface area contributed by atoms with E-state index in [2.05, 4.69) is 26.2 Å². The van der Waals surface area contributed by atoms with Gasteiger partial charge in [0.25, 0.3) is 0 Å². The van der Waals surface area contributed by atoms with Crippen molar-refractivity contribution in [2.75, 3.05) is 5.32 Å². The third kappa shape index (κ3) is 4.86. The van der Waals surface area contributed by atoms with Crippen LogP contribution in [-0.2, 0) is 11.0 Å². The van der Waals surface area contributed by atoms with Crippen molar-refractivity contribution in [3.63, 3.8) is 0 Å². The number of nitrogens with one attached hydrogen (secondary N) is 1. The van der Waals surface area contributed by atoms with Gasteiger partial charge in [-0.3, -0.25) is 9.78 Å². The number of allylic oxidation sites excluding steroid dienone is 2. The fourth-order valence-corrected chi connectivity index (χ4v) is 2.96. The molecule has 142 valence electrons. The Kier molecular flexibility index (Phi) is 5.94. The molecule has 0 fully saturated rings. The molecule has 1 heterocycles. The van der Waals surface area contributed by atoms with Gasteiger partial charge in [-0.25, -0.2) is 0 Å². The van der Waals surface area contributed by atoms with E-state index in [1.165, 1.54) is 24.3 Å². The first kappa shape index (κ1) is 19.8. The first-order chi connectivity index (χ1) is 13.3. The van der Waals surface area contributed by atoms with E-state index in [0.29, 0.717) is 15.7 Å². The van der Waals surface area contributed by atoms with Crippen molar-refractivity contribution in [2.24, 2.45) is 0 Å². The monoisotopic (exact) mass is 446 g/mol. The summed E-state index contributed by atoms with van der Waals surface area (Å²) >= 11 is 3.30. The molecule has 28 heavy (non-hydrogen) atoms. The van der Waals surface area contributed by atoms with Crippen molar-refractivity contribution in [3.8, 4) is 0 Å². The van der Waals surface area contributed by atoms with E-state index < -0.39 is 11.7 Å². The molecule has 7 heteroatoms. The first-order valence-corrected chi connectivity index (χ1v) is 8.99. The fraction of sp³-hybridized carbons (Fsp3) is 0.0476. The lowest BCUT2D eigenvalue weighted by Gasteiger charge is -2.07. The fourth-order valence-electron chi connectivity index (χ4n) is 2.54. The lowest BCUT2D eigenvalue weighted by molar-refractivity contribution is -0.137. The van der Waals surface area contributed by atoms with Gasteiger partial charge >= 0.3 is 6.18 Å². The molecular weight excluding hydrogens is 433 g/mol. The number of carbonyl (C=O) groups is 1. The number of hydrogen-bond donors (Lipinski definition) is 1. The van der Waals surface area contributed by atoms with E-state index in [1.807, 2.05) is 18.2 Å². The number of nitrogens with zero attached hydrogens (tertiary/aromatic N) is 1. The molecule has 0 radical (unpaired) electrons. The van der Waals surface area contributed by atoms with E-state index in [1.54, 1.807) is 24.5 Å². The molecule has 1 N–H and O–H groups in total. The zero-order chi connectivity index (χ0) is 20.1. The summed E-state index contributed by atoms with van der Waals surface area (Å²) in [7, 11) is 0. The largest absolute Gasteiger partial charge is 0.416 e. The summed E-state index contributed by atoms with van der Waals surface area (Å²) in [5.41, 5.74) is 0.525. The number of carbonyl (C=O) groups excluding carboxylic acids is 1. The number of alkyl halides is 3. The van der Waals surface area contributed by atoms with Gasteiger partial charge < -0.3 is 5.32 Å². The number of amides is 1. The molecule has 3 rings (SSSR count). The highest BCUT2D eigenvalue weighted by atomic mass is 79.9. The summed E-state index contributed by atoms with van der Waals surface area (Å²) in [6, 6.07) is 12.1. The van der Waals surface area contributed by atoms with Gasteiger partial charge in [-0.05, 0) is 35.9 Å². The average Bonchev–Trinajstić information content (AvgIpc) is 2.67. The smallest absolute Gasteiger partial charge is 0.322 e. The maximum Gasteiger partial charge on any atom is 0.416 e. The second-order valence-corrected chi connectivity index (χ2v) is 6.69. The minimum atomic E-state index is -4.37. The Bertz CT molecular complexity index is 1050. The summed E-state index contributed by atoms with van der Waals surface area (Å²) in [6.45, 7) is 0. The van der Waals surface area contributed by atoms with Gasteiger partial charge in [-0.2, -0.15) is 13.2 Å². The molecular formula is C21H14BrF3N2O. The van der Waals surface area contributed by atoms with E-state index in [-0.39, 0.29) is 5.91 Å². The number of hydrogen-bond acceptors (Lipinski definition) is 2. The zero-order valence-corrected chi connectivity index (χ0v) is 16.0. The van der Waals surface area contributed by atoms with Crippen LogP contribution in [0, 0.1) is 0 Å². The molecule has 0 saturated carbocycles. The number of fused-ring (bicyclic) bond motifs is 1. The van der Waals surface area contributed by atoms with Gasteiger partial charge in [0.1, 0.15) is 0 Å². The Hall–Kier alpha value is -2.93. The highest BCUT2D eigenvalue weighted by molar-refractivity contribution is 9.15. The van der Waals surface area contributed by atoms with Gasteiger partial charge in [0.2, 0.25) is 5.91 Å². The topological polar surface area (TPSA) is 42.0 Å². The maximum absolute atomic E-state index is 12.6. The minimum Gasteiger partial charge on any atom is -0.322 e. The van der Waals surface area contributed by atoms with Crippen LogP contribution in [-0.4, -0.2) is 10.9 Å². The van der Waals surface area contributed by atoms with Crippen molar-refractivity contribution >= 4 is 42.8 Å². The number of rotatable bonds is 4. The molecule has 0 aliphatic carbocycles. The van der Waals surface area contributed by atoms with Gasteiger partial charge in [-0.15, -0.1) is 0 Å².